The number of carbonyl (C=O) groups is 1. The van der Waals surface area contributed by atoms with Gasteiger partial charge in [-0.1, -0.05) is 29.8 Å². The van der Waals surface area contributed by atoms with Crippen LogP contribution in [0.5, 0.6) is 0 Å². The Hall–Kier alpha value is -3.60. The molecule has 0 bridgehead atoms. The van der Waals surface area contributed by atoms with E-state index in [0.29, 0.717) is 18.2 Å². The second kappa shape index (κ2) is 9.49. The summed E-state index contributed by atoms with van der Waals surface area (Å²) in [5.74, 6) is 0.501. The van der Waals surface area contributed by atoms with Gasteiger partial charge in [0, 0.05) is 12.1 Å². The summed E-state index contributed by atoms with van der Waals surface area (Å²) in [6, 6.07) is 4.16. The SMILES string of the molecule is Cc1cc(C)c(C=NNC(=O)c2nnn(-c3nonc3N)c2CN2CCC(C)CC2)c(C)c1. The number of nitrogen functional groups attached to an aromatic ring is 1. The van der Waals surface area contributed by atoms with Gasteiger partial charge in [-0.05, 0) is 74.1 Å². The number of hydrogen-bond donors (Lipinski definition) is 2. The third-order valence-electron chi connectivity index (χ3n) is 6.02. The highest BCUT2D eigenvalue weighted by Gasteiger charge is 2.26. The van der Waals surface area contributed by atoms with Gasteiger partial charge in [-0.15, -0.1) is 5.10 Å². The van der Waals surface area contributed by atoms with Crippen molar-refractivity contribution in [3.63, 3.8) is 0 Å². The molecule has 3 N–H and O–H groups in total. The number of hydrogen-bond acceptors (Lipinski definition) is 9. The summed E-state index contributed by atoms with van der Waals surface area (Å²) >= 11 is 0. The van der Waals surface area contributed by atoms with E-state index in [9.17, 15) is 4.79 Å². The molecule has 1 saturated heterocycles. The van der Waals surface area contributed by atoms with E-state index in [4.69, 9.17) is 10.4 Å². The number of hydrazone groups is 1. The van der Waals surface area contributed by atoms with Crippen LogP contribution in [-0.4, -0.2) is 55.4 Å². The minimum Gasteiger partial charge on any atom is -0.378 e. The number of rotatable bonds is 6. The lowest BCUT2D eigenvalue weighted by atomic mass is 9.99. The fraction of sp³-hybridized carbons (Fsp3) is 0.455. The standard InChI is InChI=1S/C22H29N9O2/c1-13-5-7-30(8-6-13)12-18-19(25-29-31(18)21-20(23)27-33-28-21)22(32)26-24-11-17-15(3)9-14(2)10-16(17)4/h9-11,13H,5-8,12H2,1-4H3,(H2,23,27)(H,26,32). The summed E-state index contributed by atoms with van der Waals surface area (Å²) in [5.41, 5.74) is 13.5. The molecule has 3 heterocycles. The van der Waals surface area contributed by atoms with Gasteiger partial charge in [0.1, 0.15) is 0 Å². The van der Waals surface area contributed by atoms with Crippen LogP contribution in [0.15, 0.2) is 21.9 Å². The minimum absolute atomic E-state index is 0.0729. The van der Waals surface area contributed by atoms with E-state index in [2.05, 4.69) is 55.1 Å². The molecule has 174 valence electrons. The predicted molar refractivity (Wildman–Crippen MR) is 123 cm³/mol. The van der Waals surface area contributed by atoms with E-state index in [1.165, 1.54) is 10.2 Å². The van der Waals surface area contributed by atoms with Crippen LogP contribution in [0.2, 0.25) is 0 Å². The largest absolute Gasteiger partial charge is 0.378 e. The highest BCUT2D eigenvalue weighted by molar-refractivity contribution is 5.94. The Morgan fingerprint density at radius 3 is 2.58 bits per heavy atom. The maximum absolute atomic E-state index is 13.0. The maximum atomic E-state index is 13.0. The molecule has 11 heteroatoms. The van der Waals surface area contributed by atoms with Crippen molar-refractivity contribution < 1.29 is 9.42 Å². The molecule has 0 aliphatic carbocycles. The molecule has 1 fully saturated rings. The third kappa shape index (κ3) is 4.92. The number of likely N-dealkylation sites (tertiary alicyclic amines) is 1. The fourth-order valence-electron chi connectivity index (χ4n) is 4.16. The first-order chi connectivity index (χ1) is 15.8. The molecule has 1 aromatic carbocycles. The molecule has 33 heavy (non-hydrogen) atoms. The Bertz CT molecular complexity index is 1150. The molecule has 0 unspecified atom stereocenters. The monoisotopic (exact) mass is 451 g/mol. The van der Waals surface area contributed by atoms with Crippen LogP contribution >= 0.6 is 0 Å². The van der Waals surface area contributed by atoms with Crippen LogP contribution in [0.3, 0.4) is 0 Å². The van der Waals surface area contributed by atoms with Gasteiger partial charge < -0.3 is 5.73 Å². The summed E-state index contributed by atoms with van der Waals surface area (Å²) < 4.78 is 6.14. The van der Waals surface area contributed by atoms with E-state index in [1.807, 2.05) is 20.8 Å². The van der Waals surface area contributed by atoms with Crippen LogP contribution in [0.1, 0.15) is 58.2 Å². The van der Waals surface area contributed by atoms with Crippen LogP contribution in [0.4, 0.5) is 5.82 Å². The van der Waals surface area contributed by atoms with Crippen molar-refractivity contribution >= 4 is 17.9 Å². The molecule has 0 saturated carbocycles. The number of anilines is 1. The molecule has 1 aliphatic rings. The highest BCUT2D eigenvalue weighted by Crippen LogP contribution is 2.22. The summed E-state index contributed by atoms with van der Waals surface area (Å²) in [6.45, 7) is 10.6. The zero-order valence-corrected chi connectivity index (χ0v) is 19.4. The highest BCUT2D eigenvalue weighted by atomic mass is 16.6. The molecule has 1 amide bonds. The fourth-order valence-corrected chi connectivity index (χ4v) is 4.16. The lowest BCUT2D eigenvalue weighted by molar-refractivity contribution is 0.0947. The number of amides is 1. The lowest BCUT2D eigenvalue weighted by Gasteiger charge is -2.30. The molecule has 0 radical (unpaired) electrons. The van der Waals surface area contributed by atoms with E-state index in [0.717, 1.165) is 42.6 Å². The molecular formula is C22H29N9O2. The normalized spacial score (nSPS) is 15.4. The Balaban J connectivity index is 1.58. The van der Waals surface area contributed by atoms with Crippen molar-refractivity contribution in [3.8, 4) is 5.82 Å². The van der Waals surface area contributed by atoms with Gasteiger partial charge in [-0.3, -0.25) is 9.69 Å². The number of nitrogens with zero attached hydrogens (tertiary/aromatic N) is 7. The molecule has 1 aliphatic heterocycles. The van der Waals surface area contributed by atoms with E-state index in [-0.39, 0.29) is 17.3 Å². The van der Waals surface area contributed by atoms with E-state index < -0.39 is 5.91 Å². The molecule has 2 aromatic heterocycles. The van der Waals surface area contributed by atoms with Crippen LogP contribution in [-0.2, 0) is 6.54 Å². The average Bonchev–Trinajstić information content (AvgIpc) is 3.37. The number of benzene rings is 1. The van der Waals surface area contributed by atoms with Crippen molar-refractivity contribution in [1.82, 2.24) is 35.6 Å². The Morgan fingerprint density at radius 1 is 1.24 bits per heavy atom. The quantitative estimate of drug-likeness (QED) is 0.429. The van der Waals surface area contributed by atoms with E-state index in [1.54, 1.807) is 6.21 Å². The second-order valence-corrected chi connectivity index (χ2v) is 8.74. The summed E-state index contributed by atoms with van der Waals surface area (Å²) in [5, 5.41) is 19.8. The van der Waals surface area contributed by atoms with Crippen molar-refractivity contribution in [3.05, 3.63) is 45.8 Å². The van der Waals surface area contributed by atoms with Crippen molar-refractivity contribution in [2.75, 3.05) is 18.8 Å². The predicted octanol–water partition coefficient (Wildman–Crippen LogP) is 2.15. The molecule has 4 rings (SSSR count). The number of aromatic nitrogens is 5. The van der Waals surface area contributed by atoms with Crippen LogP contribution in [0, 0.1) is 26.7 Å². The smallest absolute Gasteiger partial charge is 0.293 e. The molecule has 11 nitrogen and oxygen atoms in total. The van der Waals surface area contributed by atoms with Gasteiger partial charge in [0.25, 0.3) is 5.91 Å². The van der Waals surface area contributed by atoms with Crippen molar-refractivity contribution in [2.24, 2.45) is 11.0 Å². The Morgan fingerprint density at radius 2 is 1.94 bits per heavy atom. The minimum atomic E-state index is -0.463. The van der Waals surface area contributed by atoms with Gasteiger partial charge in [-0.2, -0.15) is 9.78 Å². The zero-order valence-electron chi connectivity index (χ0n) is 19.4. The Labute approximate surface area is 192 Å². The van der Waals surface area contributed by atoms with Gasteiger partial charge in [-0.25, -0.2) is 10.1 Å². The number of nitrogens with two attached hydrogens (primary N) is 1. The number of nitrogens with one attached hydrogen (secondary N) is 1. The first-order valence-corrected chi connectivity index (χ1v) is 11.0. The van der Waals surface area contributed by atoms with Gasteiger partial charge in [0.2, 0.25) is 11.6 Å². The number of carbonyl (C=O) groups excluding carboxylic acids is 1. The number of aryl methyl sites for hydroxylation is 3. The lowest BCUT2D eigenvalue weighted by Crippen LogP contribution is -2.34. The van der Waals surface area contributed by atoms with Gasteiger partial charge in [0.05, 0.1) is 11.9 Å². The van der Waals surface area contributed by atoms with Crippen LogP contribution in [0.25, 0.3) is 5.82 Å². The zero-order chi connectivity index (χ0) is 23.5. The first kappa shape index (κ1) is 22.6. The van der Waals surface area contributed by atoms with Gasteiger partial charge in [0.15, 0.2) is 5.69 Å². The maximum Gasteiger partial charge on any atom is 0.293 e. The molecule has 0 spiro atoms. The topological polar surface area (TPSA) is 140 Å². The van der Waals surface area contributed by atoms with Crippen molar-refractivity contribution in [2.45, 2.75) is 47.1 Å². The third-order valence-corrected chi connectivity index (χ3v) is 6.02. The van der Waals surface area contributed by atoms with E-state index >= 15 is 0 Å². The van der Waals surface area contributed by atoms with Crippen molar-refractivity contribution in [1.29, 1.82) is 0 Å². The summed E-state index contributed by atoms with van der Waals surface area (Å²) in [4.78, 5) is 15.3. The summed E-state index contributed by atoms with van der Waals surface area (Å²) in [7, 11) is 0. The molecule has 3 aromatic rings. The summed E-state index contributed by atoms with van der Waals surface area (Å²) in [6.07, 6.45) is 3.84. The molecular weight excluding hydrogens is 422 g/mol. The Kier molecular flexibility index (Phi) is 6.50. The first-order valence-electron chi connectivity index (χ1n) is 11.0. The average molecular weight is 452 g/mol. The number of piperidine rings is 1. The second-order valence-electron chi connectivity index (χ2n) is 8.74. The van der Waals surface area contributed by atoms with Crippen LogP contribution < -0.4 is 11.2 Å². The van der Waals surface area contributed by atoms with Gasteiger partial charge >= 0.3 is 0 Å². The molecule has 0 atom stereocenters.